The number of benzene rings is 1. The van der Waals surface area contributed by atoms with Crippen LogP contribution in [0.25, 0.3) is 10.9 Å². The molecule has 2 heterocycles. The van der Waals surface area contributed by atoms with Crippen LogP contribution in [0.3, 0.4) is 0 Å². The molecule has 3 nitrogen and oxygen atoms in total. The molecule has 1 aromatic heterocycles. The van der Waals surface area contributed by atoms with Gasteiger partial charge in [0.25, 0.3) is 0 Å². The Balaban J connectivity index is 0.000000144. The maximum Gasteiger partial charge on any atom is 0.157 e. The predicted molar refractivity (Wildman–Crippen MR) is 60.0 cm³/mol. The number of nitrogens with one attached hydrogen (secondary N) is 1. The van der Waals surface area contributed by atoms with Crippen molar-refractivity contribution in [3.05, 3.63) is 55.1 Å². The second-order valence-electron chi connectivity index (χ2n) is 3.01. The first kappa shape index (κ1) is 9.52. The minimum Gasteiger partial charge on any atom is -0.479 e. The smallest absolute Gasteiger partial charge is 0.157 e. The van der Waals surface area contributed by atoms with Gasteiger partial charge in [0, 0.05) is 17.8 Å². The van der Waals surface area contributed by atoms with Crippen LogP contribution in [0.5, 0.6) is 0 Å². The number of ether oxygens (including phenoxy) is 1. The Kier molecular flexibility index (Phi) is 3.18. The van der Waals surface area contributed by atoms with Crippen molar-refractivity contribution in [2.24, 2.45) is 0 Å². The number of rotatable bonds is 0. The van der Waals surface area contributed by atoms with Crippen molar-refractivity contribution in [3.8, 4) is 0 Å². The van der Waals surface area contributed by atoms with Crippen molar-refractivity contribution >= 4 is 10.9 Å². The molecule has 0 radical (unpaired) electrons. The van der Waals surface area contributed by atoms with Crippen molar-refractivity contribution in [2.45, 2.75) is 0 Å². The Labute approximate surface area is 88.4 Å². The number of para-hydroxylation sites is 1. The normalized spacial score (nSPS) is 12.5. The van der Waals surface area contributed by atoms with E-state index < -0.39 is 0 Å². The SMILES string of the molecule is C1=COCN1.c1ccc2ncccc2c1. The summed E-state index contributed by atoms with van der Waals surface area (Å²) in [7, 11) is 0. The molecule has 0 saturated heterocycles. The Hall–Kier alpha value is -2.03. The van der Waals surface area contributed by atoms with Gasteiger partial charge in [0.2, 0.25) is 0 Å². The average Bonchev–Trinajstić information content (AvgIpc) is 2.88. The Bertz CT molecular complexity index is 383. The Morgan fingerprint density at radius 1 is 1.13 bits per heavy atom. The van der Waals surface area contributed by atoms with E-state index in [9.17, 15) is 0 Å². The van der Waals surface area contributed by atoms with Gasteiger partial charge >= 0.3 is 0 Å². The summed E-state index contributed by atoms with van der Waals surface area (Å²) in [6, 6.07) is 12.1. The van der Waals surface area contributed by atoms with Crippen molar-refractivity contribution in [1.29, 1.82) is 0 Å². The lowest BCUT2D eigenvalue weighted by atomic mass is 10.2. The molecule has 0 saturated carbocycles. The van der Waals surface area contributed by atoms with E-state index in [2.05, 4.69) is 27.2 Å². The molecule has 2 aromatic rings. The van der Waals surface area contributed by atoms with Gasteiger partial charge < -0.3 is 10.1 Å². The van der Waals surface area contributed by atoms with Crippen LogP contribution in [0, 0.1) is 0 Å². The first-order valence-electron chi connectivity index (χ1n) is 4.76. The van der Waals surface area contributed by atoms with E-state index in [1.165, 1.54) is 5.39 Å². The quantitative estimate of drug-likeness (QED) is 0.708. The molecule has 1 N–H and O–H groups in total. The fourth-order valence-corrected chi connectivity index (χ4v) is 1.26. The van der Waals surface area contributed by atoms with Crippen molar-refractivity contribution in [1.82, 2.24) is 10.3 Å². The summed E-state index contributed by atoms with van der Waals surface area (Å²) in [5.74, 6) is 0. The monoisotopic (exact) mass is 200 g/mol. The maximum absolute atomic E-state index is 4.65. The third-order valence-corrected chi connectivity index (χ3v) is 1.96. The number of nitrogens with zero attached hydrogens (tertiary/aromatic N) is 1. The van der Waals surface area contributed by atoms with Crippen LogP contribution < -0.4 is 5.32 Å². The third-order valence-electron chi connectivity index (χ3n) is 1.96. The van der Waals surface area contributed by atoms with E-state index in [1.807, 2.05) is 30.5 Å². The molecule has 1 aliphatic heterocycles. The highest BCUT2D eigenvalue weighted by Gasteiger charge is 1.86. The van der Waals surface area contributed by atoms with Gasteiger partial charge in [-0.25, -0.2) is 0 Å². The molecule has 0 aliphatic carbocycles. The second-order valence-corrected chi connectivity index (χ2v) is 3.01. The zero-order valence-corrected chi connectivity index (χ0v) is 8.26. The van der Waals surface area contributed by atoms with Crippen LogP contribution in [0.4, 0.5) is 0 Å². The van der Waals surface area contributed by atoms with Gasteiger partial charge in [-0.1, -0.05) is 24.3 Å². The summed E-state index contributed by atoms with van der Waals surface area (Å²) in [4.78, 5) is 4.18. The van der Waals surface area contributed by atoms with Crippen molar-refractivity contribution in [2.75, 3.05) is 6.73 Å². The van der Waals surface area contributed by atoms with Gasteiger partial charge in [-0.3, -0.25) is 4.98 Å². The molecule has 1 aliphatic rings. The number of hydrogen-bond donors (Lipinski definition) is 1. The molecule has 0 atom stereocenters. The van der Waals surface area contributed by atoms with Crippen LogP contribution in [-0.4, -0.2) is 11.7 Å². The van der Waals surface area contributed by atoms with E-state index >= 15 is 0 Å². The lowest BCUT2D eigenvalue weighted by molar-refractivity contribution is 0.267. The van der Waals surface area contributed by atoms with Crippen LogP contribution in [0.15, 0.2) is 55.1 Å². The number of aromatic nitrogens is 1. The zero-order valence-electron chi connectivity index (χ0n) is 8.26. The fraction of sp³-hybridized carbons (Fsp3) is 0.0833. The lowest BCUT2D eigenvalue weighted by Crippen LogP contribution is -1.98. The Morgan fingerprint density at radius 3 is 2.67 bits per heavy atom. The summed E-state index contributed by atoms with van der Waals surface area (Å²) >= 11 is 0. The molecule has 0 spiro atoms. The molecule has 76 valence electrons. The van der Waals surface area contributed by atoms with Gasteiger partial charge in [0.15, 0.2) is 6.73 Å². The topological polar surface area (TPSA) is 34.1 Å². The predicted octanol–water partition coefficient (Wildman–Crippen LogP) is 2.27. The van der Waals surface area contributed by atoms with Gasteiger partial charge in [0.1, 0.15) is 6.26 Å². The highest BCUT2D eigenvalue weighted by atomic mass is 16.5. The highest BCUT2D eigenvalue weighted by molar-refractivity contribution is 5.77. The molecule has 3 heteroatoms. The number of pyridine rings is 1. The van der Waals surface area contributed by atoms with Crippen LogP contribution in [0.2, 0.25) is 0 Å². The van der Waals surface area contributed by atoms with E-state index in [1.54, 1.807) is 12.5 Å². The molecule has 1 aromatic carbocycles. The standard InChI is InChI=1S/C9H7N.C3H5NO/c1-2-6-9-8(4-1)5-3-7-10-9;1-2-5-3-4-1/h1-7H;1-2,4H,3H2. The van der Waals surface area contributed by atoms with Crippen LogP contribution in [0.1, 0.15) is 0 Å². The molecule has 0 fully saturated rings. The highest BCUT2D eigenvalue weighted by Crippen LogP contribution is 2.07. The summed E-state index contributed by atoms with van der Waals surface area (Å²) in [6.45, 7) is 0.639. The minimum atomic E-state index is 0.639. The summed E-state index contributed by atoms with van der Waals surface area (Å²) < 4.78 is 4.65. The molecular formula is C12H12N2O. The number of hydrogen-bond acceptors (Lipinski definition) is 3. The molecule has 15 heavy (non-hydrogen) atoms. The van der Waals surface area contributed by atoms with E-state index in [0.29, 0.717) is 6.73 Å². The first-order chi connectivity index (χ1) is 7.47. The molecule has 0 unspecified atom stereocenters. The molecule has 3 rings (SSSR count). The van der Waals surface area contributed by atoms with Gasteiger partial charge in [0.05, 0.1) is 5.52 Å². The van der Waals surface area contributed by atoms with Gasteiger partial charge in [-0.05, 0) is 12.1 Å². The first-order valence-corrected chi connectivity index (χ1v) is 4.76. The lowest BCUT2D eigenvalue weighted by Gasteiger charge is -1.91. The molecule has 0 amide bonds. The molecule has 0 bridgehead atoms. The van der Waals surface area contributed by atoms with Crippen molar-refractivity contribution in [3.63, 3.8) is 0 Å². The fourth-order valence-electron chi connectivity index (χ4n) is 1.26. The largest absolute Gasteiger partial charge is 0.479 e. The van der Waals surface area contributed by atoms with E-state index in [0.717, 1.165) is 5.52 Å². The maximum atomic E-state index is 4.65. The minimum absolute atomic E-state index is 0.639. The second kappa shape index (κ2) is 5.00. The van der Waals surface area contributed by atoms with E-state index in [4.69, 9.17) is 0 Å². The van der Waals surface area contributed by atoms with Crippen LogP contribution in [-0.2, 0) is 4.74 Å². The zero-order chi connectivity index (χ0) is 10.3. The number of fused-ring (bicyclic) bond motifs is 1. The summed E-state index contributed by atoms with van der Waals surface area (Å²) in [5.41, 5.74) is 1.06. The van der Waals surface area contributed by atoms with Crippen molar-refractivity contribution < 1.29 is 4.74 Å². The summed E-state index contributed by atoms with van der Waals surface area (Å²) in [5, 5.41) is 4.02. The van der Waals surface area contributed by atoms with Crippen LogP contribution >= 0.6 is 0 Å². The Morgan fingerprint density at radius 2 is 2.00 bits per heavy atom. The van der Waals surface area contributed by atoms with Gasteiger partial charge in [-0.2, -0.15) is 0 Å². The third kappa shape index (κ3) is 2.71. The van der Waals surface area contributed by atoms with Gasteiger partial charge in [-0.15, -0.1) is 0 Å². The molecular weight excluding hydrogens is 188 g/mol. The average molecular weight is 200 g/mol. The summed E-state index contributed by atoms with van der Waals surface area (Å²) in [6.07, 6.45) is 5.20. The van der Waals surface area contributed by atoms with E-state index in [-0.39, 0.29) is 0 Å².